The molecule has 0 aliphatic carbocycles. The van der Waals surface area contributed by atoms with Gasteiger partial charge in [0.05, 0.1) is 0 Å². The molecule has 3 N–H and O–H groups in total. The van der Waals surface area contributed by atoms with E-state index in [2.05, 4.69) is 10.3 Å². The van der Waals surface area contributed by atoms with E-state index in [-0.39, 0.29) is 5.91 Å². The lowest BCUT2D eigenvalue weighted by Gasteiger charge is -2.12. The molecular weight excluding hydrogens is 260 g/mol. The van der Waals surface area contributed by atoms with Crippen molar-refractivity contribution in [1.29, 1.82) is 0 Å². The molecule has 0 spiro atoms. The molecule has 1 amide bonds. The Bertz CT molecular complexity index is 565. The average molecular weight is 274 g/mol. The van der Waals surface area contributed by atoms with Crippen molar-refractivity contribution in [2.75, 3.05) is 5.32 Å². The van der Waals surface area contributed by atoms with E-state index in [9.17, 15) is 14.4 Å². The summed E-state index contributed by atoms with van der Waals surface area (Å²) in [5.41, 5.74) is 1.12. The zero-order chi connectivity index (χ0) is 13.9. The predicted molar refractivity (Wildman–Crippen MR) is 74.3 cm³/mol. The molecule has 2 rings (SSSR count). The monoisotopic (exact) mass is 274 g/mol. The molecule has 0 bridgehead atoms. The molecule has 6 heteroatoms. The van der Waals surface area contributed by atoms with Gasteiger partial charge in [-0.05, 0) is 36.0 Å². The van der Waals surface area contributed by atoms with Gasteiger partial charge in [0.1, 0.15) is 0 Å². The van der Waals surface area contributed by atoms with Crippen molar-refractivity contribution in [1.82, 2.24) is 4.98 Å². The van der Waals surface area contributed by atoms with Gasteiger partial charge in [0.15, 0.2) is 0 Å². The summed E-state index contributed by atoms with van der Waals surface area (Å²) in [5, 5.41) is 3.22. The van der Waals surface area contributed by atoms with Crippen LogP contribution in [0.2, 0.25) is 6.55 Å². The lowest BCUT2D eigenvalue weighted by atomic mass is 10.2. The Labute approximate surface area is 111 Å². The normalized spacial score (nSPS) is 11.1. The number of pyridine rings is 1. The Morgan fingerprint density at radius 2 is 1.68 bits per heavy atom. The summed E-state index contributed by atoms with van der Waals surface area (Å²) in [4.78, 5) is 34.8. The summed E-state index contributed by atoms with van der Waals surface area (Å²) < 4.78 is 0. The van der Waals surface area contributed by atoms with Crippen LogP contribution in [0.4, 0.5) is 5.69 Å². The first-order valence-electron chi connectivity index (χ1n) is 5.73. The Hall–Kier alpha value is -2.02. The number of anilines is 1. The fourth-order valence-corrected chi connectivity index (χ4v) is 2.37. The van der Waals surface area contributed by atoms with Crippen LogP contribution >= 0.6 is 0 Å². The van der Waals surface area contributed by atoms with Gasteiger partial charge >= 0.3 is 8.56 Å². The van der Waals surface area contributed by atoms with Crippen molar-refractivity contribution in [2.45, 2.75) is 6.55 Å². The van der Waals surface area contributed by atoms with Crippen molar-refractivity contribution >= 4 is 25.3 Å². The maximum atomic E-state index is 11.9. The molecule has 1 aromatic heterocycles. The topological polar surface area (TPSA) is 82.5 Å². The summed E-state index contributed by atoms with van der Waals surface area (Å²) in [6, 6.07) is 9.74. The van der Waals surface area contributed by atoms with E-state index in [1.807, 2.05) is 0 Å². The zero-order valence-corrected chi connectivity index (χ0v) is 11.4. The lowest BCUT2D eigenvalue weighted by molar-refractivity contribution is 0.102. The molecule has 1 heterocycles. The fourth-order valence-electron chi connectivity index (χ4n) is 1.58. The van der Waals surface area contributed by atoms with E-state index in [1.165, 1.54) is 6.55 Å². The van der Waals surface area contributed by atoms with E-state index >= 15 is 0 Å². The first-order chi connectivity index (χ1) is 8.97. The molecule has 0 aliphatic heterocycles. The van der Waals surface area contributed by atoms with E-state index in [0.29, 0.717) is 16.4 Å². The molecule has 5 nitrogen and oxygen atoms in total. The van der Waals surface area contributed by atoms with Crippen LogP contribution in [0.5, 0.6) is 0 Å². The molecular formula is C13H14N2O3Si. The van der Waals surface area contributed by atoms with Gasteiger partial charge in [-0.25, -0.2) is 0 Å². The van der Waals surface area contributed by atoms with Gasteiger partial charge in [-0.1, -0.05) is 12.1 Å². The van der Waals surface area contributed by atoms with Crippen LogP contribution < -0.4 is 10.5 Å². The Morgan fingerprint density at radius 1 is 1.11 bits per heavy atom. The molecule has 19 heavy (non-hydrogen) atoms. The number of benzene rings is 1. The van der Waals surface area contributed by atoms with Crippen LogP contribution in [0.3, 0.4) is 0 Å². The summed E-state index contributed by atoms with van der Waals surface area (Å²) in [6.45, 7) is 1.41. The largest absolute Gasteiger partial charge is 0.408 e. The van der Waals surface area contributed by atoms with Crippen LogP contribution in [0, 0.1) is 0 Å². The highest BCUT2D eigenvalue weighted by molar-refractivity contribution is 6.77. The number of carbonyl (C=O) groups excluding carboxylic acids is 1. The molecule has 0 unspecified atom stereocenters. The van der Waals surface area contributed by atoms with Gasteiger partial charge < -0.3 is 14.9 Å². The second-order valence-electron chi connectivity index (χ2n) is 4.29. The summed E-state index contributed by atoms with van der Waals surface area (Å²) in [5.74, 6) is -0.233. The van der Waals surface area contributed by atoms with E-state index in [0.717, 1.165) is 0 Å². The molecule has 0 radical (unpaired) electrons. The summed E-state index contributed by atoms with van der Waals surface area (Å²) in [6.07, 6.45) is 3.10. The number of aromatic nitrogens is 1. The third-order valence-corrected chi connectivity index (χ3v) is 4.06. The van der Waals surface area contributed by atoms with Crippen molar-refractivity contribution in [2.24, 2.45) is 0 Å². The third kappa shape index (κ3) is 3.47. The molecule has 0 atom stereocenters. The quantitative estimate of drug-likeness (QED) is 0.716. The van der Waals surface area contributed by atoms with Gasteiger partial charge in [-0.15, -0.1) is 0 Å². The Morgan fingerprint density at radius 3 is 2.21 bits per heavy atom. The third-order valence-electron chi connectivity index (χ3n) is 2.63. The SMILES string of the molecule is C[Si](O)(O)c1ccc(NC(=O)c2ccncc2)cc1. The number of amides is 1. The van der Waals surface area contributed by atoms with Crippen LogP contribution in [0.15, 0.2) is 48.8 Å². The molecule has 0 saturated heterocycles. The maximum absolute atomic E-state index is 11.9. The molecule has 0 saturated carbocycles. The van der Waals surface area contributed by atoms with Crippen LogP contribution in [-0.2, 0) is 0 Å². The first-order valence-corrected chi connectivity index (χ1v) is 8.13. The Kier molecular flexibility index (Phi) is 3.75. The molecule has 1 aromatic carbocycles. The van der Waals surface area contributed by atoms with Crippen LogP contribution in [-0.4, -0.2) is 29.0 Å². The van der Waals surface area contributed by atoms with Crippen LogP contribution in [0.25, 0.3) is 0 Å². The van der Waals surface area contributed by atoms with Gasteiger partial charge in [0, 0.05) is 23.6 Å². The second-order valence-corrected chi connectivity index (χ2v) is 6.91. The number of rotatable bonds is 3. The lowest BCUT2D eigenvalue weighted by Crippen LogP contribution is -2.44. The van der Waals surface area contributed by atoms with Crippen molar-refractivity contribution in [3.8, 4) is 0 Å². The van der Waals surface area contributed by atoms with Gasteiger partial charge in [0.2, 0.25) is 0 Å². The minimum absolute atomic E-state index is 0.233. The second kappa shape index (κ2) is 5.31. The summed E-state index contributed by atoms with van der Waals surface area (Å²) in [7, 11) is -3.28. The Balaban J connectivity index is 2.10. The van der Waals surface area contributed by atoms with E-state index in [4.69, 9.17) is 0 Å². The molecule has 2 aromatic rings. The van der Waals surface area contributed by atoms with Crippen molar-refractivity contribution in [3.05, 3.63) is 54.4 Å². The minimum Gasteiger partial charge on any atom is -0.408 e. The number of hydrogen-bond acceptors (Lipinski definition) is 4. The molecule has 0 aliphatic rings. The van der Waals surface area contributed by atoms with Gasteiger partial charge in [-0.3, -0.25) is 9.78 Å². The van der Waals surface area contributed by atoms with Gasteiger partial charge in [0.25, 0.3) is 5.91 Å². The minimum atomic E-state index is -3.28. The van der Waals surface area contributed by atoms with E-state index in [1.54, 1.807) is 48.8 Å². The standard InChI is InChI=1S/C13H14N2O3Si/c1-19(17,18)12-4-2-11(3-5-12)15-13(16)10-6-8-14-9-7-10/h2-9,17-18H,1H3,(H,15,16). The highest BCUT2D eigenvalue weighted by Crippen LogP contribution is 2.08. The number of nitrogens with zero attached hydrogens (tertiary/aromatic N) is 1. The fraction of sp³-hybridized carbons (Fsp3) is 0.0769. The summed E-state index contributed by atoms with van der Waals surface area (Å²) >= 11 is 0. The number of nitrogens with one attached hydrogen (secondary N) is 1. The van der Waals surface area contributed by atoms with Crippen molar-refractivity contribution in [3.63, 3.8) is 0 Å². The van der Waals surface area contributed by atoms with Crippen LogP contribution in [0.1, 0.15) is 10.4 Å². The highest BCUT2D eigenvalue weighted by atomic mass is 28.4. The van der Waals surface area contributed by atoms with E-state index < -0.39 is 8.56 Å². The zero-order valence-electron chi connectivity index (χ0n) is 10.4. The molecule has 98 valence electrons. The van der Waals surface area contributed by atoms with Crippen molar-refractivity contribution < 1.29 is 14.4 Å². The first kappa shape index (κ1) is 13.4. The maximum Gasteiger partial charge on any atom is 0.363 e. The predicted octanol–water partition coefficient (Wildman–Crippen LogP) is 0.597. The smallest absolute Gasteiger partial charge is 0.363 e. The van der Waals surface area contributed by atoms with Gasteiger partial charge in [-0.2, -0.15) is 0 Å². The highest BCUT2D eigenvalue weighted by Gasteiger charge is 2.24. The average Bonchev–Trinajstić information content (AvgIpc) is 2.39. The number of hydrogen-bond donors (Lipinski definition) is 3. The number of carbonyl (C=O) groups is 1. The molecule has 0 fully saturated rings.